The number of nitrogens with zero attached hydrogens (tertiary/aromatic N) is 1. The molecule has 1 saturated heterocycles. The number of carbonyl (C=O) groups is 1. The lowest BCUT2D eigenvalue weighted by Crippen LogP contribution is -2.41. The van der Waals surface area contributed by atoms with Gasteiger partial charge >= 0.3 is 0 Å². The van der Waals surface area contributed by atoms with E-state index in [4.69, 9.17) is 4.74 Å². The molecular weight excluding hydrogens is 286 g/mol. The van der Waals surface area contributed by atoms with Gasteiger partial charge in [-0.2, -0.15) is 0 Å². The first-order valence-corrected chi connectivity index (χ1v) is 8.09. The quantitative estimate of drug-likeness (QED) is 0.807. The van der Waals surface area contributed by atoms with Gasteiger partial charge in [-0.25, -0.2) is 0 Å². The second kappa shape index (κ2) is 6.55. The van der Waals surface area contributed by atoms with Crippen molar-refractivity contribution in [2.75, 3.05) is 32.2 Å². The minimum absolute atomic E-state index is 0.206. The molecule has 1 fully saturated rings. The molecule has 0 amide bonds. The van der Waals surface area contributed by atoms with Gasteiger partial charge in [-0.3, -0.25) is 4.79 Å². The summed E-state index contributed by atoms with van der Waals surface area (Å²) in [5, 5.41) is 0. The van der Waals surface area contributed by atoms with E-state index in [2.05, 4.69) is 12.1 Å². The second-order valence-electron chi connectivity index (χ2n) is 6.33. The van der Waals surface area contributed by atoms with Crippen LogP contribution in [0, 0.1) is 0 Å². The second-order valence-corrected chi connectivity index (χ2v) is 6.33. The van der Waals surface area contributed by atoms with Crippen molar-refractivity contribution in [3.05, 3.63) is 65.7 Å². The monoisotopic (exact) mass is 309 g/mol. The van der Waals surface area contributed by atoms with E-state index in [1.807, 2.05) is 61.5 Å². The fourth-order valence-electron chi connectivity index (χ4n) is 3.31. The fraction of sp³-hybridized carbons (Fsp3) is 0.350. The van der Waals surface area contributed by atoms with Gasteiger partial charge in [0.25, 0.3) is 0 Å². The largest absolute Gasteiger partial charge is 0.381 e. The lowest BCUT2D eigenvalue weighted by atomic mass is 9.69. The van der Waals surface area contributed by atoms with Crippen molar-refractivity contribution in [2.45, 2.75) is 18.3 Å². The van der Waals surface area contributed by atoms with Crippen LogP contribution in [0.4, 0.5) is 5.69 Å². The van der Waals surface area contributed by atoms with Crippen LogP contribution in [-0.4, -0.2) is 33.1 Å². The number of anilines is 1. The third kappa shape index (κ3) is 3.02. The predicted molar refractivity (Wildman–Crippen MR) is 93.3 cm³/mol. The third-order valence-electron chi connectivity index (χ3n) is 4.75. The van der Waals surface area contributed by atoms with Gasteiger partial charge in [0.1, 0.15) is 0 Å². The molecule has 2 aromatic carbocycles. The molecule has 1 aliphatic rings. The summed E-state index contributed by atoms with van der Waals surface area (Å²) < 4.78 is 5.52. The van der Waals surface area contributed by atoms with Crippen LogP contribution in [0.25, 0.3) is 0 Å². The Morgan fingerprint density at radius 3 is 2.13 bits per heavy atom. The van der Waals surface area contributed by atoms with Crippen molar-refractivity contribution < 1.29 is 9.53 Å². The zero-order valence-electron chi connectivity index (χ0n) is 13.8. The molecule has 0 spiro atoms. The highest BCUT2D eigenvalue weighted by atomic mass is 16.5. The number of ketones is 1. The van der Waals surface area contributed by atoms with E-state index in [0.29, 0.717) is 13.2 Å². The first-order valence-electron chi connectivity index (χ1n) is 8.09. The molecule has 0 N–H and O–H groups in total. The van der Waals surface area contributed by atoms with Gasteiger partial charge in [0, 0.05) is 38.6 Å². The molecule has 23 heavy (non-hydrogen) atoms. The van der Waals surface area contributed by atoms with Crippen LogP contribution in [-0.2, 0) is 10.2 Å². The summed E-state index contributed by atoms with van der Waals surface area (Å²) in [6, 6.07) is 18.0. The topological polar surface area (TPSA) is 29.5 Å². The molecule has 0 saturated carbocycles. The van der Waals surface area contributed by atoms with Crippen molar-refractivity contribution in [1.82, 2.24) is 0 Å². The molecule has 3 nitrogen and oxygen atoms in total. The molecular formula is C20H23NO2. The van der Waals surface area contributed by atoms with Crippen molar-refractivity contribution in [2.24, 2.45) is 0 Å². The maximum Gasteiger partial charge on any atom is 0.173 e. The van der Waals surface area contributed by atoms with Crippen LogP contribution in [0.3, 0.4) is 0 Å². The van der Waals surface area contributed by atoms with Crippen molar-refractivity contribution in [3.8, 4) is 0 Å². The van der Waals surface area contributed by atoms with E-state index < -0.39 is 5.41 Å². The van der Waals surface area contributed by atoms with E-state index in [1.165, 1.54) is 0 Å². The minimum Gasteiger partial charge on any atom is -0.381 e. The normalized spacial score (nSPS) is 16.8. The molecule has 1 aliphatic heterocycles. The van der Waals surface area contributed by atoms with Gasteiger partial charge in [-0.1, -0.05) is 30.3 Å². The van der Waals surface area contributed by atoms with Gasteiger partial charge in [0.2, 0.25) is 0 Å². The molecule has 0 unspecified atom stereocenters. The summed E-state index contributed by atoms with van der Waals surface area (Å²) >= 11 is 0. The van der Waals surface area contributed by atoms with Crippen LogP contribution >= 0.6 is 0 Å². The van der Waals surface area contributed by atoms with Gasteiger partial charge in [-0.15, -0.1) is 0 Å². The van der Waals surface area contributed by atoms with Gasteiger partial charge in [0.15, 0.2) is 5.78 Å². The molecule has 0 aliphatic carbocycles. The number of carbonyl (C=O) groups excluding carboxylic acids is 1. The highest BCUT2D eigenvalue weighted by molar-refractivity contribution is 6.04. The van der Waals surface area contributed by atoms with Crippen LogP contribution in [0.5, 0.6) is 0 Å². The number of ether oxygens (including phenoxy) is 1. The van der Waals surface area contributed by atoms with Crippen LogP contribution in [0.2, 0.25) is 0 Å². The smallest absolute Gasteiger partial charge is 0.173 e. The van der Waals surface area contributed by atoms with Crippen LogP contribution < -0.4 is 4.90 Å². The predicted octanol–water partition coefficient (Wildman–Crippen LogP) is 3.68. The lowest BCUT2D eigenvalue weighted by Gasteiger charge is -2.36. The van der Waals surface area contributed by atoms with E-state index in [1.54, 1.807) is 0 Å². The average Bonchev–Trinajstić information content (AvgIpc) is 2.62. The molecule has 0 atom stereocenters. The summed E-state index contributed by atoms with van der Waals surface area (Å²) in [6.07, 6.45) is 1.48. The van der Waals surface area contributed by atoms with Gasteiger partial charge < -0.3 is 9.64 Å². The maximum atomic E-state index is 13.3. The Morgan fingerprint density at radius 1 is 0.957 bits per heavy atom. The third-order valence-corrected chi connectivity index (χ3v) is 4.75. The lowest BCUT2D eigenvalue weighted by molar-refractivity contribution is 0.0424. The molecule has 1 heterocycles. The van der Waals surface area contributed by atoms with E-state index >= 15 is 0 Å². The molecule has 0 bridgehead atoms. The van der Waals surface area contributed by atoms with Crippen molar-refractivity contribution in [3.63, 3.8) is 0 Å². The number of Topliss-reactive ketones (excluding diaryl/α,β-unsaturated/α-hetero) is 1. The summed E-state index contributed by atoms with van der Waals surface area (Å²) in [4.78, 5) is 15.4. The average molecular weight is 309 g/mol. The maximum absolute atomic E-state index is 13.3. The van der Waals surface area contributed by atoms with Crippen molar-refractivity contribution >= 4 is 11.5 Å². The molecule has 3 rings (SSSR count). The molecule has 0 radical (unpaired) electrons. The first-order chi connectivity index (χ1) is 11.1. The standard InChI is InChI=1S/C20H23NO2/c1-21(2)18-10-8-16(9-11-18)19(22)20(12-14-23-15-13-20)17-6-4-3-5-7-17/h3-11H,12-15H2,1-2H3. The fourth-order valence-corrected chi connectivity index (χ4v) is 3.31. The summed E-state index contributed by atoms with van der Waals surface area (Å²) in [6.45, 7) is 1.27. The summed E-state index contributed by atoms with van der Waals surface area (Å²) in [5.74, 6) is 0.206. The van der Waals surface area contributed by atoms with E-state index in [-0.39, 0.29) is 5.78 Å². The minimum atomic E-state index is -0.459. The summed E-state index contributed by atoms with van der Waals surface area (Å²) in [5.41, 5.74) is 2.52. The number of hydrogen-bond donors (Lipinski definition) is 0. The number of hydrogen-bond acceptors (Lipinski definition) is 3. The van der Waals surface area contributed by atoms with Gasteiger partial charge in [0.05, 0.1) is 5.41 Å². The Balaban J connectivity index is 1.98. The highest BCUT2D eigenvalue weighted by Gasteiger charge is 2.41. The first kappa shape index (κ1) is 15.8. The SMILES string of the molecule is CN(C)c1ccc(C(=O)C2(c3ccccc3)CCOCC2)cc1. The van der Waals surface area contributed by atoms with Crippen LogP contribution in [0.15, 0.2) is 54.6 Å². The highest BCUT2D eigenvalue weighted by Crippen LogP contribution is 2.38. The Hall–Kier alpha value is -2.13. The molecule has 3 heteroatoms. The molecule has 0 aromatic heterocycles. The Bertz CT molecular complexity index is 656. The van der Waals surface area contributed by atoms with Crippen molar-refractivity contribution in [1.29, 1.82) is 0 Å². The summed E-state index contributed by atoms with van der Waals surface area (Å²) in [7, 11) is 4.00. The van der Waals surface area contributed by atoms with Crippen LogP contribution in [0.1, 0.15) is 28.8 Å². The number of benzene rings is 2. The van der Waals surface area contributed by atoms with E-state index in [0.717, 1.165) is 29.7 Å². The Morgan fingerprint density at radius 2 is 1.57 bits per heavy atom. The zero-order valence-corrected chi connectivity index (χ0v) is 13.8. The molecule has 120 valence electrons. The van der Waals surface area contributed by atoms with E-state index in [9.17, 15) is 4.79 Å². The number of rotatable bonds is 4. The van der Waals surface area contributed by atoms with Gasteiger partial charge in [-0.05, 0) is 42.7 Å². The molecule has 2 aromatic rings. The Labute approximate surface area is 137 Å². The zero-order chi connectivity index (χ0) is 16.3. The Kier molecular flexibility index (Phi) is 4.49.